The van der Waals surface area contributed by atoms with Crippen molar-refractivity contribution in [2.24, 2.45) is 0 Å². The quantitative estimate of drug-likeness (QED) is 0.125. The molecule has 5 nitrogen and oxygen atoms in total. The third-order valence-electron chi connectivity index (χ3n) is 27.2. The number of benzene rings is 12. The Kier molecular flexibility index (Phi) is 16.8. The van der Waals surface area contributed by atoms with E-state index in [9.17, 15) is 0 Å². The van der Waals surface area contributed by atoms with Crippen molar-refractivity contribution < 1.29 is 0 Å². The molecule has 0 bridgehead atoms. The largest absolute Gasteiger partial charge is 0.310 e. The second-order valence-electron chi connectivity index (χ2n) is 43.7. The summed E-state index contributed by atoms with van der Waals surface area (Å²) in [5, 5.41) is 5.39. The number of nitrogens with zero attached hydrogens (tertiary/aromatic N) is 5. The summed E-state index contributed by atoms with van der Waals surface area (Å²) >= 11 is 0. The lowest BCUT2D eigenvalue weighted by molar-refractivity contribution is 0.523. The van der Waals surface area contributed by atoms with Gasteiger partial charge in [-0.15, -0.1) is 0 Å². The zero-order chi connectivity index (χ0) is 84.3. The predicted octanol–water partition coefficient (Wildman–Crippen LogP) is 25.8. The second kappa shape index (κ2) is 26.1. The molecule has 4 aliphatic rings. The fourth-order valence-electron chi connectivity index (χ4n) is 22.0. The fourth-order valence-corrected chi connectivity index (χ4v) is 22.0. The van der Waals surface area contributed by atoms with E-state index in [0.717, 1.165) is 23.5 Å². The molecule has 0 N–H and O–H groups in total. The Balaban J connectivity index is 0.823. The Morgan fingerprint density at radius 2 is 0.517 bits per heavy atom. The number of hydrogen-bond acceptors (Lipinski definition) is 1. The first kappa shape index (κ1) is 77.3. The maximum atomic E-state index is 2.76. The van der Waals surface area contributed by atoms with Crippen LogP contribution >= 0.6 is 0 Å². The monoisotopic (exact) mass is 1560 g/mol. The lowest BCUT2D eigenvalue weighted by Gasteiger charge is -2.37. The molecule has 598 valence electrons. The van der Waals surface area contributed by atoms with Crippen molar-refractivity contribution in [1.29, 1.82) is 0 Å². The first-order chi connectivity index (χ1) is 56.7. The van der Waals surface area contributed by atoms with Crippen molar-refractivity contribution in [3.63, 3.8) is 0 Å². The highest BCUT2D eigenvalue weighted by Crippen LogP contribution is 2.54. The minimum atomic E-state index is -0.356. The fraction of sp³-hybridized carbons (Fsp3) is 0.292. The Labute approximate surface area is 713 Å². The minimum Gasteiger partial charge on any atom is -0.310 e. The number of fused-ring (bicyclic) bond motifs is 8. The van der Waals surface area contributed by atoms with Crippen LogP contribution in [0.15, 0.2) is 249 Å². The number of rotatable bonds is 10. The molecule has 16 aromatic rings. The smallest absolute Gasteiger partial charge is 0.252 e. The lowest BCUT2D eigenvalue weighted by atomic mass is 9.33. The molecular weight excluding hydrogens is 1450 g/mol. The third kappa shape index (κ3) is 11.7. The molecule has 0 amide bonds. The Hall–Kier alpha value is -11.3. The predicted molar refractivity (Wildman–Crippen MR) is 518 cm³/mol. The molecule has 0 spiro atoms. The summed E-state index contributed by atoms with van der Waals surface area (Å²) in [5.41, 5.74) is 43.8. The summed E-state index contributed by atoms with van der Waals surface area (Å²) in [6.45, 7) is 58.3. The van der Waals surface area contributed by atoms with E-state index < -0.39 is 0 Å². The first-order valence-corrected chi connectivity index (χ1v) is 44.1. The summed E-state index contributed by atoms with van der Waals surface area (Å²) < 4.78 is 11.0. The average molecular weight is 1560 g/mol. The van der Waals surface area contributed by atoms with Crippen molar-refractivity contribution >= 4 is 107 Å². The van der Waals surface area contributed by atoms with Crippen LogP contribution in [0.4, 0.5) is 17.1 Å². The van der Waals surface area contributed by atoms with Gasteiger partial charge in [-0.3, -0.25) is 0 Å². The van der Waals surface area contributed by atoms with Crippen molar-refractivity contribution in [2.75, 3.05) is 4.90 Å². The van der Waals surface area contributed by atoms with Gasteiger partial charge in [-0.2, -0.15) is 0 Å². The van der Waals surface area contributed by atoms with Crippen LogP contribution in [0.1, 0.15) is 215 Å². The van der Waals surface area contributed by atoms with E-state index in [0.29, 0.717) is 0 Å². The summed E-state index contributed by atoms with van der Waals surface area (Å²) in [7, 11) is 0. The molecule has 12 aromatic carbocycles. The van der Waals surface area contributed by atoms with E-state index in [1.54, 1.807) is 0 Å². The zero-order valence-electron chi connectivity index (χ0n) is 75.3. The normalized spacial score (nSPS) is 13.8. The van der Waals surface area contributed by atoms with E-state index >= 15 is 0 Å². The van der Waals surface area contributed by atoms with Crippen LogP contribution in [-0.2, 0) is 49.7 Å². The third-order valence-corrected chi connectivity index (χ3v) is 27.2. The lowest BCUT2D eigenvalue weighted by Crippen LogP contribution is -2.60. The SMILES string of the molecule is Cc1cc2c3c(c1)-n1c(-c4ccc(CC(C)(C)c5cc6c7c(c5)c(C(C)(C)C)c(-c5ccccc5)n7-c5cc(N(c7ccccc7)c7ccccc7)cc7c5B6c5cc(C(C)(C)C)cc6c(C(C)(C)C)c(-c8ccccc8)n-7c56)cc4)c(C(C)(C)C)c4cc(C(C)(C)C)cc(c41)B3c1cc(C(C)(C)C)cc3c(C(C)(C)C)c(-c4ccccc4)n-2c13. The Morgan fingerprint density at radius 1 is 0.258 bits per heavy atom. The van der Waals surface area contributed by atoms with Gasteiger partial charge in [-0.25, -0.2) is 0 Å². The molecule has 4 aliphatic heterocycles. The van der Waals surface area contributed by atoms with Crippen molar-refractivity contribution in [3.05, 3.63) is 304 Å². The molecule has 7 heteroatoms. The van der Waals surface area contributed by atoms with Crippen LogP contribution in [0.3, 0.4) is 0 Å². The summed E-state index contributed by atoms with van der Waals surface area (Å²) in [6, 6.07) is 97.4. The number of aryl methyl sites for hydroxylation is 1. The van der Waals surface area contributed by atoms with Gasteiger partial charge in [0.2, 0.25) is 0 Å². The van der Waals surface area contributed by atoms with Gasteiger partial charge in [0.15, 0.2) is 0 Å². The van der Waals surface area contributed by atoms with Gasteiger partial charge < -0.3 is 23.2 Å². The highest BCUT2D eigenvalue weighted by atomic mass is 15.2. The van der Waals surface area contributed by atoms with Crippen molar-refractivity contribution in [1.82, 2.24) is 18.3 Å². The zero-order valence-corrected chi connectivity index (χ0v) is 75.3. The molecule has 0 unspecified atom stereocenters. The van der Waals surface area contributed by atoms with E-state index in [4.69, 9.17) is 0 Å². The average Bonchev–Trinajstić information content (AvgIpc) is 1.49. The van der Waals surface area contributed by atoms with Crippen molar-refractivity contribution in [2.45, 2.75) is 216 Å². The number of para-hydroxylation sites is 2. The molecule has 0 atom stereocenters. The Morgan fingerprint density at radius 3 is 0.800 bits per heavy atom. The van der Waals surface area contributed by atoms with E-state index in [-0.39, 0.29) is 56.7 Å². The summed E-state index contributed by atoms with van der Waals surface area (Å²) in [5.74, 6) is 0. The van der Waals surface area contributed by atoms with Gasteiger partial charge in [0.1, 0.15) is 0 Å². The molecule has 20 rings (SSSR count). The summed E-state index contributed by atoms with van der Waals surface area (Å²) in [6.07, 6.45) is 0.824. The maximum Gasteiger partial charge on any atom is 0.252 e. The molecule has 0 radical (unpaired) electrons. The standard InChI is InChI=1S/C113H115B2N5/c1-67-54-88-96-89(55-67)118-101(94(111(17,18)19)82-58-75(108(8,9)10)61-85(103(82)118)114(96)84-60-73(106(2,3)4)56-80-92(109(11,12)13)98(117(88)102(80)84)69-40-30-25-31-41-69)72-52-50-68(51-53-72)66-113(23,24)76-59-83-95(112(20,21)22)100(71-44-34-27-35-45-71)120-91-65-79(116(77-46-36-28-37-47-77)78-48-38-29-39-49-78)64-90-97(91)115(87(63-76)105(83)120)86-62-74(107(5,6)7)57-81-93(110(14,15)16)99(119(90)104(81)86)70-42-32-26-33-43-70/h25-65H,66H2,1-24H3. The number of aromatic nitrogens is 4. The second-order valence-corrected chi connectivity index (χ2v) is 43.7. The molecule has 0 aliphatic carbocycles. The maximum absolute atomic E-state index is 2.76. The van der Waals surface area contributed by atoms with Crippen LogP contribution in [0.25, 0.3) is 111 Å². The topological polar surface area (TPSA) is 23.0 Å². The highest BCUT2D eigenvalue weighted by molar-refractivity contribution is 7.01. The first-order valence-electron chi connectivity index (χ1n) is 44.1. The molecule has 0 saturated heterocycles. The van der Waals surface area contributed by atoms with Crippen LogP contribution in [0, 0.1) is 6.92 Å². The van der Waals surface area contributed by atoms with Gasteiger partial charge in [-0.1, -0.05) is 335 Å². The van der Waals surface area contributed by atoms with E-state index in [1.165, 1.54) is 200 Å². The molecule has 4 aromatic heterocycles. The van der Waals surface area contributed by atoms with Crippen LogP contribution < -0.4 is 37.7 Å². The van der Waals surface area contributed by atoms with E-state index in [1.807, 2.05) is 0 Å². The van der Waals surface area contributed by atoms with Crippen LogP contribution in [0.5, 0.6) is 0 Å². The van der Waals surface area contributed by atoms with E-state index in [2.05, 4.69) is 438 Å². The van der Waals surface area contributed by atoms with Crippen LogP contribution in [0.2, 0.25) is 0 Å². The molecule has 120 heavy (non-hydrogen) atoms. The number of anilines is 3. The molecule has 8 heterocycles. The highest BCUT2D eigenvalue weighted by Gasteiger charge is 2.49. The van der Waals surface area contributed by atoms with Crippen LogP contribution in [-0.4, -0.2) is 31.7 Å². The molecular formula is C113H115B2N5. The molecule has 0 saturated carbocycles. The minimum absolute atomic E-state index is 0.0120. The molecule has 0 fully saturated rings. The van der Waals surface area contributed by atoms with Crippen molar-refractivity contribution in [3.8, 4) is 67.8 Å². The Bertz CT molecular complexity index is 6910. The van der Waals surface area contributed by atoms with Gasteiger partial charge >= 0.3 is 0 Å². The number of hydrogen-bond donors (Lipinski definition) is 0. The summed E-state index contributed by atoms with van der Waals surface area (Å²) in [4.78, 5) is 2.49. The van der Waals surface area contributed by atoms with Gasteiger partial charge in [0.25, 0.3) is 13.4 Å². The van der Waals surface area contributed by atoms with Gasteiger partial charge in [-0.05, 0) is 240 Å². The van der Waals surface area contributed by atoms with Gasteiger partial charge in [0.05, 0.1) is 28.5 Å². The van der Waals surface area contributed by atoms with Gasteiger partial charge in [0, 0.05) is 77.7 Å².